The lowest BCUT2D eigenvalue weighted by Crippen LogP contribution is -2.44. The molecule has 184 valence electrons. The van der Waals surface area contributed by atoms with Crippen LogP contribution in [0.2, 0.25) is 0 Å². The molecule has 1 aliphatic heterocycles. The Kier molecular flexibility index (Phi) is 6.99. The summed E-state index contributed by atoms with van der Waals surface area (Å²) in [5, 5.41) is 0. The van der Waals surface area contributed by atoms with E-state index in [2.05, 4.69) is 4.98 Å². The Bertz CT molecular complexity index is 1340. The first-order chi connectivity index (χ1) is 16.8. The fraction of sp³-hybridized carbons (Fsp3) is 0.360. The summed E-state index contributed by atoms with van der Waals surface area (Å²) in [6.45, 7) is 3.75. The molecule has 35 heavy (non-hydrogen) atoms. The highest BCUT2D eigenvalue weighted by Gasteiger charge is 2.34. The highest BCUT2D eigenvalue weighted by atomic mass is 19.1. The van der Waals surface area contributed by atoms with E-state index in [0.29, 0.717) is 23.9 Å². The number of amides is 1. The van der Waals surface area contributed by atoms with Crippen LogP contribution in [0.4, 0.5) is 4.39 Å². The maximum Gasteiger partial charge on any atom is 0.347 e. The number of esters is 1. The van der Waals surface area contributed by atoms with Crippen molar-refractivity contribution in [2.75, 3.05) is 13.2 Å². The lowest BCUT2D eigenvalue weighted by molar-refractivity contribution is -0.125. The van der Waals surface area contributed by atoms with Gasteiger partial charge in [0.25, 0.3) is 11.5 Å². The van der Waals surface area contributed by atoms with Gasteiger partial charge < -0.3 is 19.9 Å². The number of pyridine rings is 2. The van der Waals surface area contributed by atoms with Gasteiger partial charge in [-0.05, 0) is 31.0 Å². The molecule has 1 aromatic carbocycles. The number of unbranched alkanes of at least 4 members (excludes halogenated alkanes) is 1. The first-order valence-electron chi connectivity index (χ1n) is 11.4. The predicted octanol–water partition coefficient (Wildman–Crippen LogP) is 2.73. The predicted molar refractivity (Wildman–Crippen MR) is 125 cm³/mol. The zero-order valence-corrected chi connectivity index (χ0v) is 19.5. The van der Waals surface area contributed by atoms with Crippen LogP contribution in [0.15, 0.2) is 35.3 Å². The van der Waals surface area contributed by atoms with Crippen molar-refractivity contribution in [3.05, 3.63) is 63.3 Å². The van der Waals surface area contributed by atoms with E-state index in [9.17, 15) is 18.8 Å². The Morgan fingerprint density at radius 2 is 2.00 bits per heavy atom. The van der Waals surface area contributed by atoms with Gasteiger partial charge in [0.2, 0.25) is 0 Å². The number of benzene rings is 1. The zero-order chi connectivity index (χ0) is 25.1. The van der Waals surface area contributed by atoms with Crippen LogP contribution >= 0.6 is 0 Å². The second kappa shape index (κ2) is 10.1. The van der Waals surface area contributed by atoms with E-state index < -0.39 is 23.5 Å². The Hall–Kier alpha value is -3.95. The Labute approximate surface area is 200 Å². The number of primary amides is 1. The summed E-state index contributed by atoms with van der Waals surface area (Å²) < 4.78 is 31.6. The fourth-order valence-electron chi connectivity index (χ4n) is 3.98. The lowest BCUT2D eigenvalue weighted by atomic mass is 10.0. The molecule has 0 saturated heterocycles. The van der Waals surface area contributed by atoms with E-state index in [0.717, 1.165) is 12.0 Å². The Morgan fingerprint density at radius 1 is 1.26 bits per heavy atom. The maximum absolute atomic E-state index is 13.6. The van der Waals surface area contributed by atoms with Crippen LogP contribution in [0.3, 0.4) is 0 Å². The van der Waals surface area contributed by atoms with Gasteiger partial charge in [0.1, 0.15) is 16.9 Å². The molecule has 4 rings (SSSR count). The smallest absolute Gasteiger partial charge is 0.347 e. The number of rotatable bonds is 9. The number of halogens is 1. The molecule has 3 heterocycles. The van der Waals surface area contributed by atoms with E-state index >= 15 is 0 Å². The number of carbonyl (C=O) groups is 2. The quantitative estimate of drug-likeness (QED) is 0.367. The molecule has 0 radical (unpaired) electrons. The molecule has 2 N–H and O–H groups in total. The van der Waals surface area contributed by atoms with Gasteiger partial charge in [-0.25, -0.2) is 9.18 Å². The SMILES string of the molecule is CCCCOc1c(C(=O)OCC)c(=O)n2c3c(c(Cc4ccc(F)cc4)cnc13)O[C@H](C(N)=O)C2. The summed E-state index contributed by atoms with van der Waals surface area (Å²) in [6, 6.07) is 5.92. The van der Waals surface area contributed by atoms with E-state index in [1.165, 1.54) is 22.9 Å². The number of nitrogens with zero attached hydrogens (tertiary/aromatic N) is 2. The molecule has 0 saturated carbocycles. The second-order valence-electron chi connectivity index (χ2n) is 8.16. The van der Waals surface area contributed by atoms with Gasteiger partial charge in [-0.1, -0.05) is 25.5 Å². The third-order valence-corrected chi connectivity index (χ3v) is 5.71. The number of hydrogen-bond donors (Lipinski definition) is 1. The van der Waals surface area contributed by atoms with Gasteiger partial charge in [0.05, 0.1) is 19.8 Å². The second-order valence-corrected chi connectivity index (χ2v) is 8.16. The largest absolute Gasteiger partial charge is 0.490 e. The van der Waals surface area contributed by atoms with Gasteiger partial charge in [0, 0.05) is 18.2 Å². The average Bonchev–Trinajstić information content (AvgIpc) is 2.84. The molecular formula is C25H26FN3O6. The van der Waals surface area contributed by atoms with Gasteiger partial charge in [0.15, 0.2) is 23.2 Å². The average molecular weight is 483 g/mol. The molecule has 0 aliphatic carbocycles. The zero-order valence-electron chi connectivity index (χ0n) is 19.5. The van der Waals surface area contributed by atoms with Crippen LogP contribution in [0.25, 0.3) is 11.0 Å². The molecule has 10 heteroatoms. The molecule has 0 fully saturated rings. The summed E-state index contributed by atoms with van der Waals surface area (Å²) in [7, 11) is 0. The standard InChI is InChI=1S/C25H26FN3O6/c1-3-5-10-34-22-18(25(32)33-4-2)24(31)29-13-17(23(27)30)35-21-15(12-28-19(22)20(21)29)11-14-6-8-16(26)9-7-14/h6-9,12,17H,3-5,10-11,13H2,1-2H3,(H2,27,30)/t17-/m0/s1. The van der Waals surface area contributed by atoms with E-state index in [-0.39, 0.29) is 48.2 Å². The number of ether oxygens (including phenoxy) is 3. The summed E-state index contributed by atoms with van der Waals surface area (Å²) in [5.41, 5.74) is 6.43. The van der Waals surface area contributed by atoms with Crippen molar-refractivity contribution in [3.8, 4) is 11.5 Å². The van der Waals surface area contributed by atoms with Crippen molar-refractivity contribution in [1.82, 2.24) is 9.55 Å². The van der Waals surface area contributed by atoms with E-state index in [1.54, 1.807) is 19.1 Å². The van der Waals surface area contributed by atoms with Crippen LogP contribution in [0, 0.1) is 5.82 Å². The fourth-order valence-corrected chi connectivity index (χ4v) is 3.98. The minimum Gasteiger partial charge on any atom is -0.490 e. The molecule has 0 unspecified atom stereocenters. The first-order valence-corrected chi connectivity index (χ1v) is 11.4. The van der Waals surface area contributed by atoms with Crippen LogP contribution in [0.5, 0.6) is 11.5 Å². The number of carbonyl (C=O) groups excluding carboxylic acids is 2. The van der Waals surface area contributed by atoms with Gasteiger partial charge in [-0.3, -0.25) is 19.1 Å². The molecule has 0 spiro atoms. The summed E-state index contributed by atoms with van der Waals surface area (Å²) in [4.78, 5) is 42.9. The Morgan fingerprint density at radius 3 is 2.66 bits per heavy atom. The summed E-state index contributed by atoms with van der Waals surface area (Å²) >= 11 is 0. The van der Waals surface area contributed by atoms with Crippen molar-refractivity contribution in [2.45, 2.75) is 45.8 Å². The molecule has 3 aromatic rings. The minimum atomic E-state index is -1.14. The van der Waals surface area contributed by atoms with Crippen molar-refractivity contribution < 1.29 is 28.2 Å². The van der Waals surface area contributed by atoms with Gasteiger partial charge in [-0.2, -0.15) is 0 Å². The van der Waals surface area contributed by atoms with Crippen LogP contribution < -0.4 is 20.8 Å². The van der Waals surface area contributed by atoms with Gasteiger partial charge in [-0.15, -0.1) is 0 Å². The Balaban J connectivity index is 1.97. The molecule has 2 aromatic heterocycles. The summed E-state index contributed by atoms with van der Waals surface area (Å²) in [6.07, 6.45) is 2.22. The molecule has 1 amide bonds. The van der Waals surface area contributed by atoms with Crippen LogP contribution in [-0.4, -0.2) is 40.7 Å². The van der Waals surface area contributed by atoms with Crippen molar-refractivity contribution in [3.63, 3.8) is 0 Å². The van der Waals surface area contributed by atoms with Crippen LogP contribution in [-0.2, 0) is 22.5 Å². The van der Waals surface area contributed by atoms with Crippen LogP contribution in [0.1, 0.15) is 48.2 Å². The van der Waals surface area contributed by atoms with E-state index in [1.807, 2.05) is 6.92 Å². The first kappa shape index (κ1) is 24.2. The minimum absolute atomic E-state index is 0.0175. The summed E-state index contributed by atoms with van der Waals surface area (Å²) in [5.74, 6) is -1.71. The topological polar surface area (TPSA) is 123 Å². The van der Waals surface area contributed by atoms with Gasteiger partial charge >= 0.3 is 5.97 Å². The normalized spacial score (nSPS) is 14.4. The molecule has 0 bridgehead atoms. The van der Waals surface area contributed by atoms with E-state index in [4.69, 9.17) is 19.9 Å². The number of aromatic nitrogens is 2. The third-order valence-electron chi connectivity index (χ3n) is 5.71. The molecule has 9 nitrogen and oxygen atoms in total. The number of hydrogen-bond acceptors (Lipinski definition) is 7. The van der Waals surface area contributed by atoms with Crippen molar-refractivity contribution in [2.24, 2.45) is 5.73 Å². The highest BCUT2D eigenvalue weighted by molar-refractivity contribution is 6.00. The molecule has 1 aliphatic rings. The lowest BCUT2D eigenvalue weighted by Gasteiger charge is -2.28. The van der Waals surface area contributed by atoms with Crippen molar-refractivity contribution in [1.29, 1.82) is 0 Å². The highest BCUT2D eigenvalue weighted by Crippen LogP contribution is 2.38. The monoisotopic (exact) mass is 483 g/mol. The third kappa shape index (κ3) is 4.68. The number of nitrogens with two attached hydrogens (primary N) is 1. The molecule has 1 atom stereocenters. The van der Waals surface area contributed by atoms with Crippen molar-refractivity contribution >= 4 is 22.9 Å². The molecular weight excluding hydrogens is 457 g/mol. The maximum atomic E-state index is 13.6.